The highest BCUT2D eigenvalue weighted by Gasteiger charge is 2.55. The highest BCUT2D eigenvalue weighted by atomic mass is 35.5. The van der Waals surface area contributed by atoms with E-state index in [0.717, 1.165) is 93.5 Å². The van der Waals surface area contributed by atoms with Gasteiger partial charge < -0.3 is 35.9 Å². The predicted octanol–water partition coefficient (Wildman–Crippen LogP) is 27.8. The van der Waals surface area contributed by atoms with Gasteiger partial charge in [-0.25, -0.2) is 52.2 Å². The number of nitrogens with zero attached hydrogens (tertiary/aromatic N) is 18. The van der Waals surface area contributed by atoms with Crippen molar-refractivity contribution in [2.75, 3.05) is 41.3 Å². The molecule has 2 fully saturated rings. The van der Waals surface area contributed by atoms with Crippen LogP contribution in [0.5, 0.6) is 0 Å². The number of nitrogens with one attached hydrogen (secondary N) is 3. The Morgan fingerprint density at radius 2 is 0.953 bits per heavy atom. The monoisotopic (exact) mass is 2110 g/mol. The summed E-state index contributed by atoms with van der Waals surface area (Å²) in [5, 5.41) is 54.1. The first-order valence-electron chi connectivity index (χ1n) is 47.8. The van der Waals surface area contributed by atoms with Crippen molar-refractivity contribution in [2.24, 2.45) is 31.3 Å². The first-order valence-corrected chi connectivity index (χ1v) is 51.6. The molecule has 10 heterocycles. The number of nitrogens with two attached hydrogens (primary N) is 1. The fourth-order valence-corrected chi connectivity index (χ4v) is 19.3. The number of rotatable bonds is 25. The molecule has 19 rings (SSSR count). The molecule has 2 saturated carbocycles. The van der Waals surface area contributed by atoms with Gasteiger partial charge in [-0.15, -0.1) is 52.0 Å². The van der Waals surface area contributed by atoms with E-state index in [2.05, 4.69) is 207 Å². The molecule has 0 saturated heterocycles. The van der Waals surface area contributed by atoms with Crippen LogP contribution in [0.15, 0.2) is 232 Å². The minimum atomic E-state index is -2.50. The number of fused-ring (bicyclic) bond motifs is 3. The van der Waals surface area contributed by atoms with Crippen molar-refractivity contribution in [1.82, 2.24) is 49.9 Å². The Bertz CT molecular complexity index is 7530. The Morgan fingerprint density at radius 3 is 1.31 bits per heavy atom. The zero-order chi connectivity index (χ0) is 107. The summed E-state index contributed by atoms with van der Waals surface area (Å²) in [6, 6.07) is 64.3. The van der Waals surface area contributed by atoms with Gasteiger partial charge in [-0.05, 0) is 163 Å². The maximum absolute atomic E-state index is 13.7. The molecule has 2 aliphatic carbocycles. The molecular formula is C113H109Cl3F4N22O4S3. The lowest BCUT2D eigenvalue weighted by molar-refractivity contribution is -0.144. The quantitative estimate of drug-likeness (QED) is 0.00785. The van der Waals surface area contributed by atoms with Crippen LogP contribution in [0.2, 0.25) is 15.1 Å². The molecule has 15 aromatic rings. The van der Waals surface area contributed by atoms with Crippen LogP contribution in [0.25, 0.3) is 43.2 Å². The van der Waals surface area contributed by atoms with Gasteiger partial charge in [0.1, 0.15) is 58.5 Å². The SMILES string of the molecule is C#CC(OC(C)=O)c1ncsc1C.C#C[C@@H](Cc1cc(Cl)c2ncc(C#N)c(NCC(C)(C)C)c2c1)c1ncsc1C.CC(C)(C)CNc1c(C#N)cnc2c(Cl)cc(N)cc12.Cc1scnc1[C@H](Cc1cc(Cl)c2ncc(C#N)c(NCC(C)(C)C)c2c1)c1cn(C2(C(F)F)CC2)nn1.[N-]=[N+]=NC1(C(F)F)CC1.c1ccc([C@H]2OC(c3cccc(C4=N[C@@H](c5ccccc5)[C@@H](c5ccccc5)O4)n3)=N[C@H]2c2ccccc2)cc1. The average molecular weight is 2120 g/mol. The van der Waals surface area contributed by atoms with Crippen molar-refractivity contribution in [3.05, 3.63) is 342 Å². The summed E-state index contributed by atoms with van der Waals surface area (Å²) in [6.07, 6.45) is 13.7. The van der Waals surface area contributed by atoms with Crippen LogP contribution in [0, 0.1) is 95.7 Å². The Kier molecular flexibility index (Phi) is 35.6. The van der Waals surface area contributed by atoms with Crippen LogP contribution in [-0.2, 0) is 37.4 Å². The number of nitrogen functional groups attached to an aromatic ring is 1. The van der Waals surface area contributed by atoms with Crippen LogP contribution >= 0.6 is 68.8 Å². The Labute approximate surface area is 889 Å². The molecule has 7 aromatic carbocycles. The number of esters is 1. The molecule has 149 heavy (non-hydrogen) atoms. The number of nitriles is 3. The number of ether oxygens (including phenoxy) is 3. The molecule has 5 N–H and O–H groups in total. The van der Waals surface area contributed by atoms with Crippen LogP contribution in [-0.4, -0.2) is 106 Å². The van der Waals surface area contributed by atoms with E-state index in [1.54, 1.807) is 46.9 Å². The second kappa shape index (κ2) is 48.4. The van der Waals surface area contributed by atoms with Gasteiger partial charge in [-0.3, -0.25) is 19.7 Å². The van der Waals surface area contributed by atoms with E-state index in [4.69, 9.17) is 88.1 Å². The number of azide groups is 1. The lowest BCUT2D eigenvalue weighted by Gasteiger charge is -2.21. The molecule has 1 unspecified atom stereocenters. The van der Waals surface area contributed by atoms with Gasteiger partial charge in [0.25, 0.3) is 6.43 Å². The van der Waals surface area contributed by atoms with Gasteiger partial charge in [0.15, 0.2) is 12.2 Å². The fraction of sp³-hybridized carbons (Fsp3) is 0.319. The number of hydrogen-bond donors (Lipinski definition) is 4. The Balaban J connectivity index is 0.000000149. The van der Waals surface area contributed by atoms with Crippen LogP contribution < -0.4 is 21.7 Å². The number of terminal acetylenes is 2. The van der Waals surface area contributed by atoms with Crippen molar-refractivity contribution in [1.29, 1.82) is 15.8 Å². The molecule has 0 amide bonds. The third kappa shape index (κ3) is 27.3. The minimum Gasteiger partial charge on any atom is -0.465 e. The van der Waals surface area contributed by atoms with Gasteiger partial charge in [0.05, 0.1) is 117 Å². The number of aromatic nitrogens is 10. The third-order valence-electron chi connectivity index (χ3n) is 24.6. The van der Waals surface area contributed by atoms with Gasteiger partial charge >= 0.3 is 5.97 Å². The second-order valence-electron chi connectivity index (χ2n) is 39.8. The number of hydrogen-bond acceptors (Lipinski definition) is 26. The molecule has 26 nitrogen and oxygen atoms in total. The van der Waals surface area contributed by atoms with Crippen molar-refractivity contribution < 1.29 is 36.6 Å². The van der Waals surface area contributed by atoms with Gasteiger partial charge in [0, 0.05) is 86.5 Å². The normalized spacial score (nSPS) is 16.0. The number of aryl methyl sites for hydroxylation is 3. The van der Waals surface area contributed by atoms with E-state index in [-0.39, 0.29) is 52.4 Å². The lowest BCUT2D eigenvalue weighted by Crippen LogP contribution is -2.26. The van der Waals surface area contributed by atoms with Crippen molar-refractivity contribution in [2.45, 2.75) is 195 Å². The highest BCUT2D eigenvalue weighted by molar-refractivity contribution is 7.10. The largest absolute Gasteiger partial charge is 0.465 e. The molecule has 36 heteroatoms. The molecule has 7 atom stereocenters. The number of benzene rings is 7. The number of aliphatic imine (C=N–C) groups is 2. The molecule has 0 spiro atoms. The molecule has 8 aromatic heterocycles. The predicted molar refractivity (Wildman–Crippen MR) is 584 cm³/mol. The average Bonchev–Trinajstić information content (AvgIpc) is 1.58. The number of halogens is 7. The van der Waals surface area contributed by atoms with E-state index in [1.165, 1.54) is 46.7 Å². The van der Waals surface area contributed by atoms with E-state index >= 15 is 0 Å². The number of alkyl halides is 4. The third-order valence-corrected chi connectivity index (χ3v) is 27.8. The molecular weight excluding hydrogens is 2010 g/mol. The zero-order valence-electron chi connectivity index (χ0n) is 84.1. The summed E-state index contributed by atoms with van der Waals surface area (Å²) in [7, 11) is 0. The molecule has 2 aliphatic heterocycles. The standard InChI is InChI=1S/C35H27N3O2.C27H28ClF2N7S.C23H23ClN4S.C15H17ClN4.C9H9NO2S.C4H5F2N3/c1-5-14-24(15-6-1)30-32(26-18-9-3-10-19-26)39-34(37-30)28-22-13-23-29(36-28)35-38-31(25-16-7-2-8-17-25)33(40-35)27-20-11-4-12-21-27;1-15-22(34-14-38-15)18(21-12-37(36-35-21)27(5-6-27)25(29)30)7-16-8-19-23(33-13-26(2,3)4)17(10-31)11-32-24(19)20(28)9-16;1-6-16(20-14(2)29-13-28-20)7-15-8-18-21(27-12-23(3,4)5)17(10-25)11-26-22(18)19(24)9-15;1-15(2,3)8-20-13-9(6-17)7-19-14-11(13)4-10(18)5-12(14)16;1-4-8(12-7(3)11)9-6(2)13-5-10-9;5-3(6)4(1-2-4)8-9-7/h1-23,30-33H;8-9,11-12,14,18,25H,5-7,13H2,1-4H3,(H,32,33);1,8-9,11,13,16H,7,12H2,2-5H3,(H,26,27);4-5,7H,8,18H2,1-3H3,(H,19,20);1,5,8H,2-3H3;3H,1-2H2/t30-,31-,32+,33+;18-;16-;;;/m010.../s1. The number of anilines is 4. The summed E-state index contributed by atoms with van der Waals surface area (Å²) in [6.45, 7) is 28.4. The van der Waals surface area contributed by atoms with Crippen LogP contribution in [0.3, 0.4) is 0 Å². The first kappa shape index (κ1) is 110. The Morgan fingerprint density at radius 1 is 0.550 bits per heavy atom. The molecule has 0 radical (unpaired) electrons. The summed E-state index contributed by atoms with van der Waals surface area (Å²) >= 11 is 24.0. The topological polar surface area (TPSA) is 373 Å². The van der Waals surface area contributed by atoms with Crippen molar-refractivity contribution in [3.8, 4) is 42.9 Å². The number of pyridine rings is 4. The van der Waals surface area contributed by atoms with E-state index < -0.39 is 36.0 Å². The smallest absolute Gasteiger partial charge is 0.304 e. The second-order valence-corrected chi connectivity index (χ2v) is 44.2. The molecule has 762 valence electrons. The highest BCUT2D eigenvalue weighted by Crippen LogP contribution is 2.51. The van der Waals surface area contributed by atoms with E-state index in [9.17, 15) is 38.1 Å². The summed E-state index contributed by atoms with van der Waals surface area (Å²) in [5.41, 5.74) is 33.1. The lowest BCUT2D eigenvalue weighted by atomic mass is 9.91. The van der Waals surface area contributed by atoms with Gasteiger partial charge in [-0.2, -0.15) is 15.8 Å². The van der Waals surface area contributed by atoms with Crippen molar-refractivity contribution in [3.63, 3.8) is 0 Å². The number of thiazole rings is 3. The summed E-state index contributed by atoms with van der Waals surface area (Å²) in [5.74, 6) is 5.44. The fourth-order valence-electron chi connectivity index (χ4n) is 16.5. The minimum absolute atomic E-state index is 0.0140. The van der Waals surface area contributed by atoms with Gasteiger partial charge in [-0.1, -0.05) is 247 Å². The van der Waals surface area contributed by atoms with E-state index in [1.807, 2.05) is 142 Å². The Hall–Kier alpha value is -15.0. The maximum atomic E-state index is 13.7. The number of carbonyl (C=O) groups excluding carboxylic acids is 1. The number of carbonyl (C=O) groups is 1. The summed E-state index contributed by atoms with van der Waals surface area (Å²) in [4.78, 5) is 57.3. The molecule has 0 bridgehead atoms. The van der Waals surface area contributed by atoms with Gasteiger partial charge in [0.2, 0.25) is 24.3 Å². The van der Waals surface area contributed by atoms with E-state index in [0.29, 0.717) is 146 Å². The van der Waals surface area contributed by atoms with Crippen LogP contribution in [0.1, 0.15) is 236 Å². The van der Waals surface area contributed by atoms with Crippen LogP contribution in [0.4, 0.5) is 40.3 Å². The maximum Gasteiger partial charge on any atom is 0.304 e. The zero-order valence-corrected chi connectivity index (χ0v) is 88.8. The first-order chi connectivity index (χ1) is 71.3. The van der Waals surface area contributed by atoms with Crippen molar-refractivity contribution >= 4 is 142 Å². The summed E-state index contributed by atoms with van der Waals surface area (Å²) < 4.78 is 70.3. The molecule has 4 aliphatic rings.